The number of anilines is 3. The van der Waals surface area contributed by atoms with Crippen molar-refractivity contribution in [3.05, 3.63) is 36.8 Å². The van der Waals surface area contributed by atoms with Crippen molar-refractivity contribution in [2.24, 2.45) is 0 Å². The quantitative estimate of drug-likeness (QED) is 0.861. The van der Waals surface area contributed by atoms with Crippen LogP contribution in [0.4, 0.5) is 17.5 Å². The molecule has 6 nitrogen and oxygen atoms in total. The molecule has 2 fully saturated rings. The highest BCUT2D eigenvalue weighted by atomic mass is 15.3. The molecule has 0 radical (unpaired) electrons. The van der Waals surface area contributed by atoms with E-state index >= 15 is 0 Å². The first-order valence-corrected chi connectivity index (χ1v) is 8.38. The molecule has 6 heteroatoms. The van der Waals surface area contributed by atoms with Crippen LogP contribution in [0.2, 0.25) is 0 Å². The molecular formula is C17H22N6. The lowest BCUT2D eigenvalue weighted by Gasteiger charge is -2.36. The molecule has 4 rings (SSSR count). The van der Waals surface area contributed by atoms with Gasteiger partial charge in [-0.1, -0.05) is 6.07 Å². The van der Waals surface area contributed by atoms with Gasteiger partial charge in [0.1, 0.15) is 23.8 Å². The van der Waals surface area contributed by atoms with Gasteiger partial charge in [-0.05, 0) is 25.0 Å². The van der Waals surface area contributed by atoms with Crippen molar-refractivity contribution in [2.75, 3.05) is 54.0 Å². The van der Waals surface area contributed by atoms with Crippen LogP contribution in [-0.2, 0) is 0 Å². The molecule has 0 unspecified atom stereocenters. The predicted molar refractivity (Wildman–Crippen MR) is 92.1 cm³/mol. The van der Waals surface area contributed by atoms with Gasteiger partial charge in [0.25, 0.3) is 0 Å². The number of hydrogen-bond donors (Lipinski definition) is 0. The zero-order chi connectivity index (χ0) is 15.5. The van der Waals surface area contributed by atoms with E-state index in [0.29, 0.717) is 0 Å². The maximum Gasteiger partial charge on any atom is 0.134 e. The van der Waals surface area contributed by atoms with E-state index in [1.807, 2.05) is 18.3 Å². The summed E-state index contributed by atoms with van der Waals surface area (Å²) >= 11 is 0. The Labute approximate surface area is 136 Å². The third-order valence-corrected chi connectivity index (χ3v) is 4.65. The van der Waals surface area contributed by atoms with Crippen LogP contribution in [0.3, 0.4) is 0 Å². The average molecular weight is 310 g/mol. The lowest BCUT2D eigenvalue weighted by molar-refractivity contribution is 0.641. The van der Waals surface area contributed by atoms with Gasteiger partial charge in [0.2, 0.25) is 0 Å². The van der Waals surface area contributed by atoms with E-state index in [4.69, 9.17) is 0 Å². The SMILES string of the molecule is c1ccc(N2CCN(c3cc(N4CCCC4)ncn3)CC2)nc1. The summed E-state index contributed by atoms with van der Waals surface area (Å²) in [5, 5.41) is 0. The summed E-state index contributed by atoms with van der Waals surface area (Å²) in [5.74, 6) is 3.18. The Morgan fingerprint density at radius 2 is 1.26 bits per heavy atom. The van der Waals surface area contributed by atoms with Crippen LogP contribution >= 0.6 is 0 Å². The van der Waals surface area contributed by atoms with Gasteiger partial charge < -0.3 is 14.7 Å². The van der Waals surface area contributed by atoms with Crippen molar-refractivity contribution in [2.45, 2.75) is 12.8 Å². The van der Waals surface area contributed by atoms with Crippen LogP contribution in [0.25, 0.3) is 0 Å². The Morgan fingerprint density at radius 3 is 1.87 bits per heavy atom. The van der Waals surface area contributed by atoms with Gasteiger partial charge in [-0.25, -0.2) is 15.0 Å². The Morgan fingerprint density at radius 1 is 0.652 bits per heavy atom. The van der Waals surface area contributed by atoms with Gasteiger partial charge in [0, 0.05) is 51.5 Å². The normalized spacial score (nSPS) is 18.5. The molecule has 0 aromatic carbocycles. The topological polar surface area (TPSA) is 48.4 Å². The highest BCUT2D eigenvalue weighted by Crippen LogP contribution is 2.22. The Balaban J connectivity index is 1.43. The molecule has 0 spiro atoms. The van der Waals surface area contributed by atoms with Crippen molar-refractivity contribution in [1.82, 2.24) is 15.0 Å². The molecule has 2 aliphatic heterocycles. The summed E-state index contributed by atoms with van der Waals surface area (Å²) in [6.45, 7) is 6.11. The fourth-order valence-corrected chi connectivity index (χ4v) is 3.33. The Bertz CT molecular complexity index is 633. The van der Waals surface area contributed by atoms with E-state index in [-0.39, 0.29) is 0 Å². The fourth-order valence-electron chi connectivity index (χ4n) is 3.33. The van der Waals surface area contributed by atoms with Crippen molar-refractivity contribution in [1.29, 1.82) is 0 Å². The van der Waals surface area contributed by atoms with E-state index < -0.39 is 0 Å². The highest BCUT2D eigenvalue weighted by Gasteiger charge is 2.20. The summed E-state index contributed by atoms with van der Waals surface area (Å²) in [7, 11) is 0. The van der Waals surface area contributed by atoms with Crippen molar-refractivity contribution in [3.8, 4) is 0 Å². The van der Waals surface area contributed by atoms with Crippen LogP contribution in [0.5, 0.6) is 0 Å². The molecule has 0 bridgehead atoms. The smallest absolute Gasteiger partial charge is 0.134 e. The Hall–Kier alpha value is -2.37. The number of nitrogens with zero attached hydrogens (tertiary/aromatic N) is 6. The molecule has 2 aromatic heterocycles. The molecule has 2 aliphatic rings. The second kappa shape index (κ2) is 6.40. The first-order chi connectivity index (χ1) is 11.4. The zero-order valence-corrected chi connectivity index (χ0v) is 13.3. The van der Waals surface area contributed by atoms with Crippen LogP contribution in [-0.4, -0.2) is 54.2 Å². The molecule has 0 atom stereocenters. The van der Waals surface area contributed by atoms with Gasteiger partial charge >= 0.3 is 0 Å². The van der Waals surface area contributed by atoms with Crippen molar-refractivity contribution in [3.63, 3.8) is 0 Å². The molecule has 0 N–H and O–H groups in total. The van der Waals surface area contributed by atoms with Crippen LogP contribution in [0.1, 0.15) is 12.8 Å². The average Bonchev–Trinajstić information content (AvgIpc) is 3.18. The molecule has 0 saturated carbocycles. The van der Waals surface area contributed by atoms with Crippen LogP contribution < -0.4 is 14.7 Å². The number of hydrogen-bond acceptors (Lipinski definition) is 6. The lowest BCUT2D eigenvalue weighted by Crippen LogP contribution is -2.47. The van der Waals surface area contributed by atoms with Crippen LogP contribution in [0, 0.1) is 0 Å². The predicted octanol–water partition coefficient (Wildman–Crippen LogP) is 1.80. The minimum atomic E-state index is 0.965. The van der Waals surface area contributed by atoms with Crippen molar-refractivity contribution >= 4 is 17.5 Å². The molecular weight excluding hydrogens is 288 g/mol. The van der Waals surface area contributed by atoms with Gasteiger partial charge in [-0.2, -0.15) is 0 Å². The van der Waals surface area contributed by atoms with Crippen LogP contribution in [0.15, 0.2) is 36.8 Å². The summed E-state index contributed by atoms with van der Waals surface area (Å²) in [6, 6.07) is 8.22. The van der Waals surface area contributed by atoms with E-state index in [0.717, 1.165) is 56.7 Å². The monoisotopic (exact) mass is 310 g/mol. The first-order valence-electron chi connectivity index (χ1n) is 8.38. The molecule has 120 valence electrons. The standard InChI is InChI=1S/C17H22N6/c1-2-6-18-15(5-1)22-9-11-23(12-10-22)17-13-16(19-14-20-17)21-7-3-4-8-21/h1-2,5-6,13-14H,3-4,7-12H2. The zero-order valence-electron chi connectivity index (χ0n) is 13.3. The number of piperazine rings is 1. The van der Waals surface area contributed by atoms with E-state index in [2.05, 4.69) is 41.8 Å². The van der Waals surface area contributed by atoms with Gasteiger partial charge in [0.05, 0.1) is 0 Å². The van der Waals surface area contributed by atoms with Crippen molar-refractivity contribution < 1.29 is 0 Å². The highest BCUT2D eigenvalue weighted by molar-refractivity contribution is 5.52. The van der Waals surface area contributed by atoms with Gasteiger partial charge in [0.15, 0.2) is 0 Å². The summed E-state index contributed by atoms with van der Waals surface area (Å²) in [6.07, 6.45) is 6.09. The number of rotatable bonds is 3. The molecule has 0 aliphatic carbocycles. The maximum atomic E-state index is 4.49. The van der Waals surface area contributed by atoms with E-state index in [1.54, 1.807) is 6.33 Å². The summed E-state index contributed by atoms with van der Waals surface area (Å²) in [4.78, 5) is 20.4. The summed E-state index contributed by atoms with van der Waals surface area (Å²) < 4.78 is 0. The second-order valence-corrected chi connectivity index (χ2v) is 6.09. The number of aromatic nitrogens is 3. The summed E-state index contributed by atoms with van der Waals surface area (Å²) in [5.41, 5.74) is 0. The minimum Gasteiger partial charge on any atom is -0.356 e. The number of pyridine rings is 1. The molecule has 2 saturated heterocycles. The molecule has 0 amide bonds. The van der Waals surface area contributed by atoms with Gasteiger partial charge in [-0.15, -0.1) is 0 Å². The largest absolute Gasteiger partial charge is 0.356 e. The fraction of sp³-hybridized carbons (Fsp3) is 0.471. The molecule has 2 aromatic rings. The second-order valence-electron chi connectivity index (χ2n) is 6.09. The van der Waals surface area contributed by atoms with E-state index in [9.17, 15) is 0 Å². The maximum absolute atomic E-state index is 4.49. The van der Waals surface area contributed by atoms with E-state index in [1.165, 1.54) is 12.8 Å². The first kappa shape index (κ1) is 14.2. The third kappa shape index (κ3) is 3.06. The molecule has 23 heavy (non-hydrogen) atoms. The van der Waals surface area contributed by atoms with Gasteiger partial charge in [-0.3, -0.25) is 0 Å². The third-order valence-electron chi connectivity index (χ3n) is 4.65. The molecule has 4 heterocycles. The minimum absolute atomic E-state index is 0.965. The lowest BCUT2D eigenvalue weighted by atomic mass is 10.3. The Kier molecular flexibility index (Phi) is 3.96.